The van der Waals surface area contributed by atoms with Crippen molar-refractivity contribution >= 4 is 11.7 Å². The van der Waals surface area contributed by atoms with E-state index < -0.39 is 0 Å². The maximum absolute atomic E-state index is 12.8. The Kier molecular flexibility index (Phi) is 14.4. The minimum absolute atomic E-state index is 0.0963. The van der Waals surface area contributed by atoms with Crippen LogP contribution in [0.5, 0.6) is 0 Å². The van der Waals surface area contributed by atoms with Crippen LogP contribution in [0.1, 0.15) is 91.1 Å². The first-order chi connectivity index (χ1) is 20.1. The fraction of sp³-hybridized carbons (Fsp3) is 0.788. The van der Waals surface area contributed by atoms with Gasteiger partial charge >= 0.3 is 0 Å². The Balaban J connectivity index is 0.00000111. The molecule has 3 aliphatic heterocycles. The molecule has 1 aromatic rings. The van der Waals surface area contributed by atoms with Crippen molar-refractivity contribution < 1.29 is 4.79 Å². The maximum Gasteiger partial charge on any atom is 0.242 e. The number of rotatable bonds is 6. The van der Waals surface area contributed by atoms with Gasteiger partial charge in [-0.25, -0.2) is 9.97 Å². The molecule has 1 aromatic heterocycles. The largest absolute Gasteiger partial charge is 0.357 e. The molecule has 5 rings (SSSR count). The molecule has 0 bridgehead atoms. The summed E-state index contributed by atoms with van der Waals surface area (Å²) in [6.45, 7) is 19.0. The van der Waals surface area contributed by atoms with E-state index in [1.165, 1.54) is 51.7 Å². The molecule has 41 heavy (non-hydrogen) atoms. The van der Waals surface area contributed by atoms with E-state index in [2.05, 4.69) is 50.2 Å². The summed E-state index contributed by atoms with van der Waals surface area (Å²) in [6, 6.07) is 2.32. The summed E-state index contributed by atoms with van der Waals surface area (Å²) in [7, 11) is 1.74. The molecular weight excluding hydrogens is 510 g/mol. The molecule has 4 aliphatic rings. The molecule has 1 saturated carbocycles. The fourth-order valence-electron chi connectivity index (χ4n) is 6.86. The standard InChI is InChI=1S/C29H45N7O.2C2H6/c1-3-24-20-28(36-25-8-5-4-7-23(25)19-26(36)29(37)30-2)33-27(32-24)9-6-14-34-15-10-22(11-16-34)21-35-17-12-31-13-18-35;2*1-2/h20,22-23,25-26,31H,3-5,7-8,10-19,21H2,1-2H3,(H,30,37);2*1-2H3. The number of fused-ring (bicyclic) bond motifs is 1. The van der Waals surface area contributed by atoms with Crippen LogP contribution in [0.3, 0.4) is 0 Å². The topological polar surface area (TPSA) is 76.6 Å². The number of carbonyl (C=O) groups excluding carboxylic acids is 1. The van der Waals surface area contributed by atoms with Crippen LogP contribution < -0.4 is 15.5 Å². The van der Waals surface area contributed by atoms with E-state index in [-0.39, 0.29) is 11.9 Å². The SMILES string of the molecule is CC.CC.CCc1cc(N2C(C(=O)NC)CC3CCCCC32)nc(C#CCN2CCC(CN3CCNCC3)CC2)n1. The van der Waals surface area contributed by atoms with Crippen LogP contribution >= 0.6 is 0 Å². The number of likely N-dealkylation sites (tertiary alicyclic amines) is 1. The van der Waals surface area contributed by atoms with Crippen LogP contribution in [-0.2, 0) is 11.2 Å². The van der Waals surface area contributed by atoms with Crippen molar-refractivity contribution in [2.75, 3.05) is 64.3 Å². The Morgan fingerprint density at radius 2 is 1.71 bits per heavy atom. The maximum atomic E-state index is 12.8. The summed E-state index contributed by atoms with van der Waals surface area (Å²) < 4.78 is 0. The zero-order chi connectivity index (χ0) is 29.6. The van der Waals surface area contributed by atoms with Gasteiger partial charge in [-0.05, 0) is 69.4 Å². The van der Waals surface area contributed by atoms with Gasteiger partial charge in [0.05, 0.1) is 6.54 Å². The van der Waals surface area contributed by atoms with Crippen molar-refractivity contribution in [3.8, 4) is 11.8 Å². The predicted molar refractivity (Wildman–Crippen MR) is 170 cm³/mol. The minimum atomic E-state index is -0.152. The van der Waals surface area contributed by atoms with Gasteiger partial charge in [0.15, 0.2) is 0 Å². The Morgan fingerprint density at radius 3 is 2.39 bits per heavy atom. The van der Waals surface area contributed by atoms with Crippen LogP contribution in [-0.4, -0.2) is 97.2 Å². The highest BCUT2D eigenvalue weighted by Crippen LogP contribution is 2.42. The smallest absolute Gasteiger partial charge is 0.242 e. The highest BCUT2D eigenvalue weighted by molar-refractivity contribution is 5.85. The number of aryl methyl sites for hydroxylation is 1. The molecule has 230 valence electrons. The lowest BCUT2D eigenvalue weighted by Gasteiger charge is -2.35. The van der Waals surface area contributed by atoms with Gasteiger partial charge in [0.25, 0.3) is 0 Å². The molecule has 4 heterocycles. The van der Waals surface area contributed by atoms with Crippen LogP contribution in [0.25, 0.3) is 0 Å². The number of likely N-dealkylation sites (N-methyl/N-ethyl adjacent to an activating group) is 1. The number of anilines is 1. The summed E-state index contributed by atoms with van der Waals surface area (Å²) in [4.78, 5) is 29.9. The molecule has 8 nitrogen and oxygen atoms in total. The predicted octanol–water partition coefficient (Wildman–Crippen LogP) is 3.94. The van der Waals surface area contributed by atoms with Gasteiger partial charge < -0.3 is 20.4 Å². The number of hydrogen-bond acceptors (Lipinski definition) is 7. The second-order valence-corrected chi connectivity index (χ2v) is 11.4. The van der Waals surface area contributed by atoms with E-state index in [1.54, 1.807) is 7.05 Å². The average Bonchev–Trinajstić information content (AvgIpc) is 3.43. The Bertz CT molecular complexity index is 976. The zero-order valence-electron chi connectivity index (χ0n) is 26.8. The third-order valence-corrected chi connectivity index (χ3v) is 8.97. The van der Waals surface area contributed by atoms with Gasteiger partial charge in [-0.2, -0.15) is 0 Å². The van der Waals surface area contributed by atoms with Gasteiger partial charge in [-0.3, -0.25) is 9.69 Å². The second kappa shape index (κ2) is 17.7. The number of hydrogen-bond donors (Lipinski definition) is 2. The van der Waals surface area contributed by atoms with Crippen molar-refractivity contribution in [2.24, 2.45) is 11.8 Å². The Morgan fingerprint density at radius 1 is 1.00 bits per heavy atom. The fourth-order valence-corrected chi connectivity index (χ4v) is 6.86. The van der Waals surface area contributed by atoms with Gasteiger partial charge in [0.1, 0.15) is 11.9 Å². The number of carbonyl (C=O) groups is 1. The number of nitrogens with zero attached hydrogens (tertiary/aromatic N) is 5. The highest BCUT2D eigenvalue weighted by atomic mass is 16.2. The highest BCUT2D eigenvalue weighted by Gasteiger charge is 2.45. The molecule has 3 saturated heterocycles. The molecule has 8 heteroatoms. The normalized spacial score (nSPS) is 25.0. The second-order valence-electron chi connectivity index (χ2n) is 11.4. The summed E-state index contributed by atoms with van der Waals surface area (Å²) in [6.07, 6.45) is 9.10. The van der Waals surface area contributed by atoms with E-state index in [0.29, 0.717) is 17.8 Å². The Hall–Kier alpha value is -2.21. The quantitative estimate of drug-likeness (QED) is 0.504. The van der Waals surface area contributed by atoms with Crippen LogP contribution in [0, 0.1) is 23.7 Å². The van der Waals surface area contributed by atoms with Crippen LogP contribution in [0.2, 0.25) is 0 Å². The first kappa shape index (κ1) is 33.3. The lowest BCUT2D eigenvalue weighted by molar-refractivity contribution is -0.121. The van der Waals surface area contributed by atoms with Gasteiger partial charge in [-0.1, -0.05) is 53.4 Å². The van der Waals surface area contributed by atoms with Crippen molar-refractivity contribution in [2.45, 2.75) is 98.1 Å². The Labute approximate surface area is 250 Å². The third kappa shape index (κ3) is 9.14. The molecule has 3 unspecified atom stereocenters. The average molecular weight is 568 g/mol. The van der Waals surface area contributed by atoms with Gasteiger partial charge in [-0.15, -0.1) is 0 Å². The first-order valence-electron chi connectivity index (χ1n) is 16.7. The molecule has 2 N–H and O–H groups in total. The monoisotopic (exact) mass is 567 g/mol. The number of aromatic nitrogens is 2. The van der Waals surface area contributed by atoms with E-state index in [4.69, 9.17) is 9.97 Å². The molecule has 0 radical (unpaired) electrons. The van der Waals surface area contributed by atoms with Crippen molar-refractivity contribution in [1.82, 2.24) is 30.4 Å². The molecule has 0 spiro atoms. The summed E-state index contributed by atoms with van der Waals surface area (Å²) in [5.74, 6) is 9.61. The zero-order valence-corrected chi connectivity index (χ0v) is 26.8. The molecule has 0 aromatic carbocycles. The van der Waals surface area contributed by atoms with Crippen LogP contribution in [0.4, 0.5) is 5.82 Å². The summed E-state index contributed by atoms with van der Waals surface area (Å²) in [5, 5.41) is 6.34. The minimum Gasteiger partial charge on any atom is -0.357 e. The van der Waals surface area contributed by atoms with Crippen molar-refractivity contribution in [3.05, 3.63) is 17.6 Å². The van der Waals surface area contributed by atoms with E-state index >= 15 is 0 Å². The molecular formula is C33H57N7O. The van der Waals surface area contributed by atoms with E-state index in [0.717, 1.165) is 69.4 Å². The molecule has 3 atom stereocenters. The van der Waals surface area contributed by atoms with Gasteiger partial charge in [0, 0.05) is 57.6 Å². The van der Waals surface area contributed by atoms with Crippen molar-refractivity contribution in [3.63, 3.8) is 0 Å². The number of nitrogens with one attached hydrogen (secondary N) is 2. The van der Waals surface area contributed by atoms with Crippen molar-refractivity contribution in [1.29, 1.82) is 0 Å². The first-order valence-corrected chi connectivity index (χ1v) is 16.7. The number of piperazine rings is 1. The summed E-state index contributed by atoms with van der Waals surface area (Å²) >= 11 is 0. The van der Waals surface area contributed by atoms with E-state index in [1.807, 2.05) is 27.7 Å². The lowest BCUT2D eigenvalue weighted by Crippen LogP contribution is -2.46. The molecule has 1 aliphatic carbocycles. The molecule has 4 fully saturated rings. The lowest BCUT2D eigenvalue weighted by atomic mass is 9.84. The number of amides is 1. The third-order valence-electron chi connectivity index (χ3n) is 8.97. The van der Waals surface area contributed by atoms with Gasteiger partial charge in [0.2, 0.25) is 11.7 Å². The molecule has 1 amide bonds. The summed E-state index contributed by atoms with van der Waals surface area (Å²) in [5.41, 5.74) is 0.998. The van der Waals surface area contributed by atoms with Crippen LogP contribution in [0.15, 0.2) is 6.07 Å². The number of piperidine rings is 1. The van der Waals surface area contributed by atoms with E-state index in [9.17, 15) is 4.79 Å².